The Bertz CT molecular complexity index is 82.1. The third kappa shape index (κ3) is 2.20. The van der Waals surface area contributed by atoms with Crippen LogP contribution < -0.4 is 5.73 Å². The van der Waals surface area contributed by atoms with Crippen LogP contribution in [0.5, 0.6) is 0 Å². The van der Waals surface area contributed by atoms with Gasteiger partial charge in [-0.3, -0.25) is 0 Å². The van der Waals surface area contributed by atoms with Crippen molar-refractivity contribution < 1.29 is 4.39 Å². The molecule has 0 fully saturated rings. The molecule has 0 heterocycles. The molecular formula is C5H10FN. The van der Waals surface area contributed by atoms with E-state index in [9.17, 15) is 4.39 Å². The molecule has 0 aliphatic rings. The standard InChI is InChI=1S/C5H10FN/c1-3-5(7)4(2)6/h3,7H2,1-2H3/b5-4+. The summed E-state index contributed by atoms with van der Waals surface area (Å²) < 4.78 is 11.8. The first-order valence-electron chi connectivity index (χ1n) is 2.29. The molecule has 0 spiro atoms. The summed E-state index contributed by atoms with van der Waals surface area (Å²) in [5.41, 5.74) is 5.47. The van der Waals surface area contributed by atoms with E-state index in [4.69, 9.17) is 5.73 Å². The third-order valence-corrected chi connectivity index (χ3v) is 0.823. The van der Waals surface area contributed by atoms with Gasteiger partial charge in [-0.2, -0.15) is 0 Å². The monoisotopic (exact) mass is 103 g/mol. The molecule has 0 aromatic heterocycles. The van der Waals surface area contributed by atoms with Gasteiger partial charge < -0.3 is 5.73 Å². The number of hydrogen-bond acceptors (Lipinski definition) is 1. The van der Waals surface area contributed by atoms with Crippen molar-refractivity contribution in [2.24, 2.45) is 5.73 Å². The van der Waals surface area contributed by atoms with Gasteiger partial charge in [-0.05, 0) is 13.3 Å². The van der Waals surface area contributed by atoms with Crippen LogP contribution in [0.15, 0.2) is 11.5 Å². The molecule has 0 saturated heterocycles. The summed E-state index contributed by atoms with van der Waals surface area (Å²) in [4.78, 5) is 0. The molecule has 0 aromatic rings. The van der Waals surface area contributed by atoms with E-state index in [2.05, 4.69) is 0 Å². The first-order valence-corrected chi connectivity index (χ1v) is 2.29. The molecule has 42 valence electrons. The molecule has 0 amide bonds. The first kappa shape index (κ1) is 6.47. The van der Waals surface area contributed by atoms with Gasteiger partial charge in [-0.15, -0.1) is 0 Å². The fourth-order valence-electron chi connectivity index (χ4n) is 0.244. The second kappa shape index (κ2) is 2.61. The van der Waals surface area contributed by atoms with E-state index in [1.807, 2.05) is 6.92 Å². The topological polar surface area (TPSA) is 26.0 Å². The molecule has 0 aliphatic heterocycles. The van der Waals surface area contributed by atoms with Gasteiger partial charge in [0.05, 0.1) is 0 Å². The van der Waals surface area contributed by atoms with E-state index >= 15 is 0 Å². The Hall–Kier alpha value is -0.530. The molecule has 0 atom stereocenters. The maximum atomic E-state index is 11.8. The largest absolute Gasteiger partial charge is 0.400 e. The summed E-state index contributed by atoms with van der Waals surface area (Å²) in [6, 6.07) is 0. The quantitative estimate of drug-likeness (QED) is 0.535. The number of allylic oxidation sites excluding steroid dienone is 2. The Morgan fingerprint density at radius 1 is 1.71 bits per heavy atom. The van der Waals surface area contributed by atoms with Crippen LogP contribution in [0.25, 0.3) is 0 Å². The van der Waals surface area contributed by atoms with Crippen LogP contribution >= 0.6 is 0 Å². The predicted octanol–water partition coefficient (Wildman–Crippen LogP) is 1.56. The van der Waals surface area contributed by atoms with Crippen molar-refractivity contribution >= 4 is 0 Å². The lowest BCUT2D eigenvalue weighted by Crippen LogP contribution is -1.95. The minimum absolute atomic E-state index is 0.262. The summed E-state index contributed by atoms with van der Waals surface area (Å²) in [5.74, 6) is -0.262. The molecule has 0 unspecified atom stereocenters. The molecule has 2 N–H and O–H groups in total. The van der Waals surface area contributed by atoms with Crippen LogP contribution in [0.2, 0.25) is 0 Å². The summed E-state index contributed by atoms with van der Waals surface area (Å²) in [6.07, 6.45) is 0.600. The highest BCUT2D eigenvalue weighted by Gasteiger charge is 1.88. The van der Waals surface area contributed by atoms with Gasteiger partial charge in [0.15, 0.2) is 0 Å². The Morgan fingerprint density at radius 3 is 2.14 bits per heavy atom. The van der Waals surface area contributed by atoms with Gasteiger partial charge in [-0.1, -0.05) is 6.92 Å². The van der Waals surface area contributed by atoms with Gasteiger partial charge in [0.1, 0.15) is 5.83 Å². The Kier molecular flexibility index (Phi) is 2.41. The smallest absolute Gasteiger partial charge is 0.115 e. The maximum Gasteiger partial charge on any atom is 0.115 e. The summed E-state index contributed by atoms with van der Waals surface area (Å²) in [6.45, 7) is 3.18. The summed E-state index contributed by atoms with van der Waals surface area (Å²) in [5, 5.41) is 0. The molecule has 7 heavy (non-hydrogen) atoms. The van der Waals surface area contributed by atoms with Crippen molar-refractivity contribution in [1.29, 1.82) is 0 Å². The Balaban J connectivity index is 3.72. The van der Waals surface area contributed by atoms with Gasteiger partial charge in [0, 0.05) is 5.70 Å². The van der Waals surface area contributed by atoms with Gasteiger partial charge in [-0.25, -0.2) is 4.39 Å². The molecule has 0 aliphatic carbocycles. The highest BCUT2D eigenvalue weighted by molar-refractivity contribution is 4.98. The van der Waals surface area contributed by atoms with E-state index in [0.717, 1.165) is 0 Å². The number of rotatable bonds is 1. The average Bonchev–Trinajstić information content (AvgIpc) is 1.65. The summed E-state index contributed by atoms with van der Waals surface area (Å²) >= 11 is 0. The lowest BCUT2D eigenvalue weighted by Gasteiger charge is -1.91. The second-order valence-electron chi connectivity index (χ2n) is 1.41. The van der Waals surface area contributed by atoms with Crippen molar-refractivity contribution in [2.75, 3.05) is 0 Å². The zero-order valence-corrected chi connectivity index (χ0v) is 4.66. The normalized spacial score (nSPS) is 13.6. The van der Waals surface area contributed by atoms with Crippen molar-refractivity contribution in [3.05, 3.63) is 11.5 Å². The van der Waals surface area contributed by atoms with Crippen LogP contribution in [0.1, 0.15) is 20.3 Å². The third-order valence-electron chi connectivity index (χ3n) is 0.823. The van der Waals surface area contributed by atoms with E-state index in [1.54, 1.807) is 0 Å². The van der Waals surface area contributed by atoms with Crippen LogP contribution in [-0.4, -0.2) is 0 Å². The molecular weight excluding hydrogens is 93.1 g/mol. The molecule has 1 nitrogen and oxygen atoms in total. The van der Waals surface area contributed by atoms with E-state index in [0.29, 0.717) is 12.1 Å². The van der Waals surface area contributed by atoms with Gasteiger partial charge in [0.25, 0.3) is 0 Å². The predicted molar refractivity (Wildman–Crippen MR) is 28.3 cm³/mol. The first-order chi connectivity index (χ1) is 3.18. The van der Waals surface area contributed by atoms with Crippen LogP contribution in [0.4, 0.5) is 4.39 Å². The van der Waals surface area contributed by atoms with E-state index in [-0.39, 0.29) is 5.83 Å². The zero-order chi connectivity index (χ0) is 5.86. The minimum atomic E-state index is -0.262. The van der Waals surface area contributed by atoms with Gasteiger partial charge >= 0.3 is 0 Å². The summed E-state index contributed by atoms with van der Waals surface area (Å²) in [7, 11) is 0. The Labute approximate surface area is 43.0 Å². The van der Waals surface area contributed by atoms with Crippen molar-refractivity contribution in [3.63, 3.8) is 0 Å². The average molecular weight is 103 g/mol. The fourth-order valence-corrected chi connectivity index (χ4v) is 0.244. The lowest BCUT2D eigenvalue weighted by molar-refractivity contribution is 0.619. The SMILES string of the molecule is CC/C(N)=C(/C)F. The zero-order valence-electron chi connectivity index (χ0n) is 4.66. The molecule has 0 radical (unpaired) electrons. The number of nitrogens with two attached hydrogens (primary N) is 1. The van der Waals surface area contributed by atoms with E-state index < -0.39 is 0 Å². The van der Waals surface area contributed by atoms with Crippen molar-refractivity contribution in [3.8, 4) is 0 Å². The highest BCUT2D eigenvalue weighted by atomic mass is 19.1. The molecule has 0 saturated carbocycles. The molecule has 0 bridgehead atoms. The van der Waals surface area contributed by atoms with Gasteiger partial charge in [0.2, 0.25) is 0 Å². The lowest BCUT2D eigenvalue weighted by atomic mass is 10.3. The van der Waals surface area contributed by atoms with Crippen LogP contribution in [-0.2, 0) is 0 Å². The molecule has 0 rings (SSSR count). The minimum Gasteiger partial charge on any atom is -0.400 e. The Morgan fingerprint density at radius 2 is 2.14 bits per heavy atom. The maximum absolute atomic E-state index is 11.8. The highest BCUT2D eigenvalue weighted by Crippen LogP contribution is 2.00. The van der Waals surface area contributed by atoms with Crippen molar-refractivity contribution in [1.82, 2.24) is 0 Å². The number of hydrogen-bond donors (Lipinski definition) is 1. The molecule has 2 heteroatoms. The number of halogens is 1. The van der Waals surface area contributed by atoms with E-state index in [1.165, 1.54) is 6.92 Å². The molecule has 0 aromatic carbocycles. The van der Waals surface area contributed by atoms with Crippen molar-refractivity contribution in [2.45, 2.75) is 20.3 Å². The van der Waals surface area contributed by atoms with Crippen LogP contribution in [0.3, 0.4) is 0 Å². The van der Waals surface area contributed by atoms with Crippen LogP contribution in [0, 0.1) is 0 Å². The fraction of sp³-hybridized carbons (Fsp3) is 0.600. The second-order valence-corrected chi connectivity index (χ2v) is 1.41.